The number of anilines is 1. The van der Waals surface area contributed by atoms with Gasteiger partial charge in [0.15, 0.2) is 23.3 Å². The van der Waals surface area contributed by atoms with Crippen LogP contribution < -0.4 is 9.64 Å². The van der Waals surface area contributed by atoms with E-state index in [0.717, 1.165) is 4.90 Å². The third kappa shape index (κ3) is 3.46. The van der Waals surface area contributed by atoms with Gasteiger partial charge in [-0.15, -0.1) is 0 Å². The first-order chi connectivity index (χ1) is 13.3. The Morgan fingerprint density at radius 3 is 1.96 bits per heavy atom. The Morgan fingerprint density at radius 2 is 1.46 bits per heavy atom. The zero-order valence-corrected chi connectivity index (χ0v) is 15.3. The van der Waals surface area contributed by atoms with Crippen LogP contribution in [0.5, 0.6) is 5.75 Å². The van der Waals surface area contributed by atoms with Crippen LogP contribution in [0.25, 0.3) is 0 Å². The molecule has 1 heterocycles. The first-order valence-electron chi connectivity index (χ1n) is 8.15. The van der Waals surface area contributed by atoms with E-state index in [9.17, 15) is 26.7 Å². The van der Waals surface area contributed by atoms with Gasteiger partial charge in [-0.3, -0.25) is 4.79 Å². The van der Waals surface area contributed by atoms with Gasteiger partial charge in [-0.25, -0.2) is 22.0 Å². The van der Waals surface area contributed by atoms with Crippen LogP contribution >= 0.6 is 11.6 Å². The fraction of sp³-hybridized carbons (Fsp3) is 0.278. The predicted octanol–water partition coefficient (Wildman–Crippen LogP) is 4.01. The smallest absolute Gasteiger partial charge is 0.254 e. The summed E-state index contributed by atoms with van der Waals surface area (Å²) in [5.41, 5.74) is -0.702. The molecular weight excluding hydrogens is 407 g/mol. The van der Waals surface area contributed by atoms with E-state index in [4.69, 9.17) is 16.3 Å². The van der Waals surface area contributed by atoms with Gasteiger partial charge >= 0.3 is 0 Å². The highest BCUT2D eigenvalue weighted by Gasteiger charge is 2.31. The minimum Gasteiger partial charge on any atom is -0.495 e. The molecule has 3 rings (SSSR count). The van der Waals surface area contributed by atoms with E-state index >= 15 is 0 Å². The molecule has 1 aliphatic heterocycles. The number of nitrogens with zero attached hydrogens (tertiary/aromatic N) is 2. The third-order valence-corrected chi connectivity index (χ3v) is 4.76. The second kappa shape index (κ2) is 7.83. The van der Waals surface area contributed by atoms with Crippen molar-refractivity contribution < 1.29 is 31.5 Å². The molecule has 0 spiro atoms. The fourth-order valence-corrected chi connectivity index (χ4v) is 3.24. The fourth-order valence-electron chi connectivity index (χ4n) is 2.99. The van der Waals surface area contributed by atoms with Gasteiger partial charge in [-0.2, -0.15) is 0 Å². The molecule has 10 heteroatoms. The Morgan fingerprint density at radius 1 is 0.929 bits per heavy atom. The number of rotatable bonds is 3. The second-order valence-electron chi connectivity index (χ2n) is 6.05. The first-order valence-corrected chi connectivity index (χ1v) is 8.53. The van der Waals surface area contributed by atoms with Gasteiger partial charge in [0.25, 0.3) is 5.91 Å². The number of carbonyl (C=O) groups is 1. The summed E-state index contributed by atoms with van der Waals surface area (Å²) < 4.78 is 72.9. The van der Waals surface area contributed by atoms with Crippen molar-refractivity contribution in [1.82, 2.24) is 4.90 Å². The molecule has 0 bridgehead atoms. The van der Waals surface area contributed by atoms with Crippen molar-refractivity contribution in [3.8, 4) is 5.75 Å². The molecular formula is C18H14ClF5N2O2. The number of hydrogen-bond acceptors (Lipinski definition) is 3. The molecule has 2 aromatic carbocycles. The average molecular weight is 421 g/mol. The van der Waals surface area contributed by atoms with Gasteiger partial charge in [0.1, 0.15) is 11.4 Å². The lowest BCUT2D eigenvalue weighted by Gasteiger charge is -2.36. The number of halogens is 6. The number of piperazine rings is 1. The Balaban J connectivity index is 1.77. The molecule has 1 aliphatic rings. The molecule has 0 N–H and O–H groups in total. The summed E-state index contributed by atoms with van der Waals surface area (Å²) >= 11 is 6.00. The summed E-state index contributed by atoms with van der Waals surface area (Å²) in [7, 11) is 1.43. The van der Waals surface area contributed by atoms with Gasteiger partial charge < -0.3 is 14.5 Å². The molecule has 1 saturated heterocycles. The summed E-state index contributed by atoms with van der Waals surface area (Å²) in [6.45, 7) is -0.147. The highest BCUT2D eigenvalue weighted by molar-refractivity contribution is 6.32. The average Bonchev–Trinajstić information content (AvgIpc) is 2.71. The van der Waals surface area contributed by atoms with Gasteiger partial charge in [0.05, 0.1) is 12.1 Å². The van der Waals surface area contributed by atoms with E-state index in [1.165, 1.54) is 30.2 Å². The molecule has 0 aromatic heterocycles. The highest BCUT2D eigenvalue weighted by Crippen LogP contribution is 2.31. The van der Waals surface area contributed by atoms with Crippen molar-refractivity contribution in [2.45, 2.75) is 0 Å². The van der Waals surface area contributed by atoms with Crippen molar-refractivity contribution in [1.29, 1.82) is 0 Å². The van der Waals surface area contributed by atoms with Gasteiger partial charge in [0, 0.05) is 31.7 Å². The summed E-state index contributed by atoms with van der Waals surface area (Å²) in [5, 5.41) is 0.244. The van der Waals surface area contributed by atoms with Crippen LogP contribution in [-0.4, -0.2) is 44.1 Å². The number of carbonyl (C=O) groups excluding carboxylic acids is 1. The number of ether oxygens (including phenoxy) is 1. The Hall–Kier alpha value is -2.55. The van der Waals surface area contributed by atoms with Crippen LogP contribution in [0.2, 0.25) is 5.02 Å². The van der Waals surface area contributed by atoms with E-state index in [1.54, 1.807) is 0 Å². The molecule has 1 fully saturated rings. The Bertz CT molecular complexity index is 904. The van der Waals surface area contributed by atoms with Crippen molar-refractivity contribution in [2.24, 2.45) is 0 Å². The molecule has 0 atom stereocenters. The quantitative estimate of drug-likeness (QED) is 0.427. The molecule has 1 amide bonds. The zero-order valence-electron chi connectivity index (χ0n) is 14.5. The second-order valence-corrected chi connectivity index (χ2v) is 6.45. The Labute approximate surface area is 162 Å². The highest BCUT2D eigenvalue weighted by atomic mass is 35.5. The molecule has 0 radical (unpaired) electrons. The van der Waals surface area contributed by atoms with Crippen LogP contribution in [0.1, 0.15) is 10.4 Å². The van der Waals surface area contributed by atoms with Crippen molar-refractivity contribution in [3.05, 3.63) is 57.9 Å². The number of benzene rings is 2. The van der Waals surface area contributed by atoms with Crippen LogP contribution in [0, 0.1) is 29.1 Å². The van der Waals surface area contributed by atoms with Crippen molar-refractivity contribution >= 4 is 23.2 Å². The minimum atomic E-state index is -2.20. The number of methoxy groups -OCH3 is 1. The predicted molar refractivity (Wildman–Crippen MR) is 92.4 cm³/mol. The lowest BCUT2D eigenvalue weighted by Crippen LogP contribution is -2.49. The third-order valence-electron chi connectivity index (χ3n) is 4.47. The molecule has 150 valence electrons. The summed E-state index contributed by atoms with van der Waals surface area (Å²) in [5.74, 6) is -9.96. The van der Waals surface area contributed by atoms with Crippen LogP contribution in [0.4, 0.5) is 27.6 Å². The van der Waals surface area contributed by atoms with E-state index in [-0.39, 0.29) is 42.7 Å². The maximum absolute atomic E-state index is 14.0. The zero-order chi connectivity index (χ0) is 20.6. The van der Waals surface area contributed by atoms with E-state index in [2.05, 4.69) is 0 Å². The van der Waals surface area contributed by atoms with Gasteiger partial charge in [0.2, 0.25) is 5.82 Å². The van der Waals surface area contributed by atoms with Crippen LogP contribution in [0.3, 0.4) is 0 Å². The molecule has 28 heavy (non-hydrogen) atoms. The summed E-state index contributed by atoms with van der Waals surface area (Å²) in [6, 6.07) is 4.48. The molecule has 0 unspecified atom stereocenters. The van der Waals surface area contributed by atoms with Crippen molar-refractivity contribution in [2.75, 3.05) is 38.2 Å². The summed E-state index contributed by atoms with van der Waals surface area (Å²) in [6.07, 6.45) is 0. The van der Waals surface area contributed by atoms with Gasteiger partial charge in [-0.05, 0) is 18.2 Å². The number of hydrogen-bond donors (Lipinski definition) is 0. The SMILES string of the molecule is COc1ccc(C(=O)N2CCN(c3c(F)c(F)c(F)c(F)c3F)CC2)cc1Cl. The lowest BCUT2D eigenvalue weighted by atomic mass is 10.1. The van der Waals surface area contributed by atoms with Crippen molar-refractivity contribution in [3.63, 3.8) is 0 Å². The topological polar surface area (TPSA) is 32.8 Å². The lowest BCUT2D eigenvalue weighted by molar-refractivity contribution is 0.0746. The maximum atomic E-state index is 14.0. The molecule has 0 saturated carbocycles. The summed E-state index contributed by atoms with van der Waals surface area (Å²) in [4.78, 5) is 15.0. The maximum Gasteiger partial charge on any atom is 0.254 e. The molecule has 4 nitrogen and oxygen atoms in total. The Kier molecular flexibility index (Phi) is 5.64. The standard InChI is InChI=1S/C18H14ClF5N2O2/c1-28-11-3-2-9(8-10(11)19)18(27)26-6-4-25(5-7-26)17-15(23)13(21)12(20)14(22)16(17)24/h2-3,8H,4-7H2,1H3. The van der Waals surface area contributed by atoms with Crippen LogP contribution in [-0.2, 0) is 0 Å². The van der Waals surface area contributed by atoms with E-state index in [0.29, 0.717) is 5.75 Å². The normalized spacial score (nSPS) is 14.4. The van der Waals surface area contributed by atoms with Gasteiger partial charge in [-0.1, -0.05) is 11.6 Å². The largest absolute Gasteiger partial charge is 0.495 e. The monoisotopic (exact) mass is 420 g/mol. The van der Waals surface area contributed by atoms with Crippen LogP contribution in [0.15, 0.2) is 18.2 Å². The number of amides is 1. The van der Waals surface area contributed by atoms with E-state index < -0.39 is 34.8 Å². The molecule has 2 aromatic rings. The minimum absolute atomic E-state index is 0.0297. The first kappa shape index (κ1) is 20.2. The van der Waals surface area contributed by atoms with E-state index in [1.807, 2.05) is 0 Å². The molecule has 0 aliphatic carbocycles.